The second kappa shape index (κ2) is 7.19. The summed E-state index contributed by atoms with van der Waals surface area (Å²) in [5.41, 5.74) is 5.81. The number of nitrogens with zero attached hydrogens (tertiary/aromatic N) is 2. The molecule has 0 fully saturated rings. The number of aromatic nitrogens is 1. The van der Waals surface area contributed by atoms with Gasteiger partial charge in [0.15, 0.2) is 5.58 Å². The average molecular weight is 371 g/mol. The first-order valence-electron chi connectivity index (χ1n) is 9.06. The molecule has 1 N–H and O–H groups in total. The molecule has 0 saturated carbocycles. The fourth-order valence-electron chi connectivity index (χ4n) is 2.94. The third-order valence-corrected chi connectivity index (χ3v) is 4.59. The lowest BCUT2D eigenvalue weighted by Crippen LogP contribution is -2.11. The molecule has 4 aromatic rings. The van der Waals surface area contributed by atoms with Crippen LogP contribution in [0.3, 0.4) is 0 Å². The van der Waals surface area contributed by atoms with Gasteiger partial charge in [-0.2, -0.15) is 0 Å². The maximum absolute atomic E-state index is 12.4. The van der Waals surface area contributed by atoms with Crippen LogP contribution in [0.5, 0.6) is 0 Å². The number of anilines is 2. The topological polar surface area (TPSA) is 58.4 Å². The minimum absolute atomic E-state index is 0.154. The molecule has 5 nitrogen and oxygen atoms in total. The number of aryl methyl sites for hydroxylation is 1. The smallest absolute Gasteiger partial charge is 0.255 e. The Labute approximate surface area is 163 Å². The normalized spacial score (nSPS) is 10.8. The summed E-state index contributed by atoms with van der Waals surface area (Å²) in [6.07, 6.45) is 0. The van der Waals surface area contributed by atoms with Crippen LogP contribution in [0.4, 0.5) is 11.4 Å². The average Bonchev–Trinajstić information content (AvgIpc) is 3.12. The monoisotopic (exact) mass is 371 g/mol. The van der Waals surface area contributed by atoms with Crippen LogP contribution in [-0.4, -0.2) is 25.0 Å². The number of oxazole rings is 1. The van der Waals surface area contributed by atoms with Gasteiger partial charge in [0.05, 0.1) is 0 Å². The molecule has 1 aromatic heterocycles. The van der Waals surface area contributed by atoms with Crippen molar-refractivity contribution in [1.29, 1.82) is 0 Å². The van der Waals surface area contributed by atoms with Crippen molar-refractivity contribution >= 4 is 28.4 Å². The molecule has 0 aliphatic rings. The minimum atomic E-state index is -0.154. The number of nitrogens with one attached hydrogen (secondary N) is 1. The van der Waals surface area contributed by atoms with Gasteiger partial charge in [0.2, 0.25) is 5.89 Å². The van der Waals surface area contributed by atoms with Crippen molar-refractivity contribution in [3.8, 4) is 11.5 Å². The van der Waals surface area contributed by atoms with E-state index in [0.717, 1.165) is 22.3 Å². The fourth-order valence-corrected chi connectivity index (χ4v) is 2.94. The third kappa shape index (κ3) is 3.60. The molecule has 0 bridgehead atoms. The van der Waals surface area contributed by atoms with Crippen LogP contribution in [0.2, 0.25) is 0 Å². The molecule has 1 amide bonds. The largest absolute Gasteiger partial charge is 0.436 e. The molecule has 0 aliphatic carbocycles. The minimum Gasteiger partial charge on any atom is -0.436 e. The van der Waals surface area contributed by atoms with E-state index in [-0.39, 0.29) is 5.91 Å². The lowest BCUT2D eigenvalue weighted by Gasteiger charge is -2.11. The lowest BCUT2D eigenvalue weighted by atomic mass is 10.1. The van der Waals surface area contributed by atoms with Gasteiger partial charge in [-0.1, -0.05) is 17.7 Å². The number of amides is 1. The Morgan fingerprint density at radius 3 is 2.36 bits per heavy atom. The summed E-state index contributed by atoms with van der Waals surface area (Å²) in [7, 11) is 4.00. The van der Waals surface area contributed by atoms with Crippen LogP contribution in [-0.2, 0) is 0 Å². The number of hydrogen-bond acceptors (Lipinski definition) is 4. The summed E-state index contributed by atoms with van der Waals surface area (Å²) in [6.45, 7) is 1.99. The first-order chi connectivity index (χ1) is 13.5. The third-order valence-electron chi connectivity index (χ3n) is 4.59. The molecular weight excluding hydrogens is 350 g/mol. The maximum atomic E-state index is 12.4. The van der Waals surface area contributed by atoms with Crippen LogP contribution in [0, 0.1) is 6.92 Å². The van der Waals surface area contributed by atoms with Gasteiger partial charge >= 0.3 is 0 Å². The van der Waals surface area contributed by atoms with E-state index in [9.17, 15) is 4.79 Å². The van der Waals surface area contributed by atoms with Gasteiger partial charge in [-0.25, -0.2) is 4.98 Å². The Morgan fingerprint density at radius 1 is 0.964 bits per heavy atom. The Bertz CT molecular complexity index is 1130. The summed E-state index contributed by atoms with van der Waals surface area (Å²) >= 11 is 0. The van der Waals surface area contributed by atoms with Crippen LogP contribution in [0.1, 0.15) is 15.9 Å². The van der Waals surface area contributed by atoms with Gasteiger partial charge in [-0.15, -0.1) is 0 Å². The van der Waals surface area contributed by atoms with Crippen molar-refractivity contribution in [3.05, 3.63) is 77.9 Å². The molecule has 0 radical (unpaired) electrons. The molecule has 0 unspecified atom stereocenters. The van der Waals surface area contributed by atoms with Crippen molar-refractivity contribution in [3.63, 3.8) is 0 Å². The molecule has 0 atom stereocenters. The predicted molar refractivity (Wildman–Crippen MR) is 113 cm³/mol. The zero-order chi connectivity index (χ0) is 19.7. The molecule has 5 heteroatoms. The standard InChI is InChI=1S/C23H21N3O2/c1-15-4-6-16(7-5-15)22(27)24-18-10-13-20-21(14-18)28-23(25-20)17-8-11-19(12-9-17)26(2)3/h4-14H,1-3H3,(H,24,27). The zero-order valence-corrected chi connectivity index (χ0v) is 16.1. The first kappa shape index (κ1) is 17.8. The van der Waals surface area contributed by atoms with Crippen LogP contribution in [0.25, 0.3) is 22.6 Å². The summed E-state index contributed by atoms with van der Waals surface area (Å²) in [5, 5.41) is 2.91. The van der Waals surface area contributed by atoms with Crippen molar-refractivity contribution in [1.82, 2.24) is 4.98 Å². The van der Waals surface area contributed by atoms with Crippen molar-refractivity contribution in [2.45, 2.75) is 6.92 Å². The second-order valence-electron chi connectivity index (χ2n) is 6.96. The number of hydrogen-bond donors (Lipinski definition) is 1. The van der Waals surface area contributed by atoms with E-state index in [2.05, 4.69) is 10.3 Å². The van der Waals surface area contributed by atoms with E-state index in [1.807, 2.05) is 86.6 Å². The number of rotatable bonds is 4. The highest BCUT2D eigenvalue weighted by atomic mass is 16.3. The summed E-state index contributed by atoms with van der Waals surface area (Å²) in [6, 6.07) is 21.0. The van der Waals surface area contributed by atoms with Gasteiger partial charge in [0.25, 0.3) is 5.91 Å². The quantitative estimate of drug-likeness (QED) is 0.541. The number of carbonyl (C=O) groups is 1. The molecule has 3 aromatic carbocycles. The van der Waals surface area contributed by atoms with Gasteiger partial charge in [0, 0.05) is 42.7 Å². The zero-order valence-electron chi connectivity index (χ0n) is 16.1. The summed E-state index contributed by atoms with van der Waals surface area (Å²) in [4.78, 5) is 19.0. The van der Waals surface area contributed by atoms with Gasteiger partial charge < -0.3 is 14.6 Å². The number of fused-ring (bicyclic) bond motifs is 1. The number of benzene rings is 3. The van der Waals surface area contributed by atoms with E-state index in [4.69, 9.17) is 4.42 Å². The van der Waals surface area contributed by atoms with Gasteiger partial charge in [0.1, 0.15) is 5.52 Å². The highest BCUT2D eigenvalue weighted by Crippen LogP contribution is 2.27. The van der Waals surface area contributed by atoms with E-state index in [1.165, 1.54) is 0 Å². The molecule has 0 spiro atoms. The van der Waals surface area contributed by atoms with Crippen LogP contribution < -0.4 is 10.2 Å². The molecule has 4 rings (SSSR count). The highest BCUT2D eigenvalue weighted by molar-refractivity contribution is 6.04. The molecule has 1 heterocycles. The van der Waals surface area contributed by atoms with Crippen molar-refractivity contribution < 1.29 is 9.21 Å². The van der Waals surface area contributed by atoms with Gasteiger partial charge in [-0.05, 0) is 55.5 Å². The van der Waals surface area contributed by atoms with E-state index < -0.39 is 0 Å². The van der Waals surface area contributed by atoms with Crippen LogP contribution in [0.15, 0.2) is 71.1 Å². The molecule has 28 heavy (non-hydrogen) atoms. The Hall–Kier alpha value is -3.60. The van der Waals surface area contributed by atoms with Crippen LogP contribution >= 0.6 is 0 Å². The first-order valence-corrected chi connectivity index (χ1v) is 9.06. The number of carbonyl (C=O) groups excluding carboxylic acids is 1. The molecule has 0 aliphatic heterocycles. The van der Waals surface area contributed by atoms with E-state index >= 15 is 0 Å². The predicted octanol–water partition coefficient (Wildman–Crippen LogP) is 5.12. The SMILES string of the molecule is Cc1ccc(C(=O)Nc2ccc3nc(-c4ccc(N(C)C)cc4)oc3c2)cc1. The Balaban J connectivity index is 1.57. The maximum Gasteiger partial charge on any atom is 0.255 e. The van der Waals surface area contributed by atoms with Crippen molar-refractivity contribution in [2.24, 2.45) is 0 Å². The molecule has 140 valence electrons. The molecular formula is C23H21N3O2. The summed E-state index contributed by atoms with van der Waals surface area (Å²) < 4.78 is 5.92. The Morgan fingerprint density at radius 2 is 1.68 bits per heavy atom. The molecule has 0 saturated heterocycles. The summed E-state index contributed by atoms with van der Waals surface area (Å²) in [5.74, 6) is 0.403. The fraction of sp³-hybridized carbons (Fsp3) is 0.130. The van der Waals surface area contributed by atoms with E-state index in [0.29, 0.717) is 22.7 Å². The van der Waals surface area contributed by atoms with E-state index in [1.54, 1.807) is 6.07 Å². The Kier molecular flexibility index (Phi) is 4.57. The second-order valence-corrected chi connectivity index (χ2v) is 6.96. The lowest BCUT2D eigenvalue weighted by molar-refractivity contribution is 0.102. The van der Waals surface area contributed by atoms with Gasteiger partial charge in [-0.3, -0.25) is 4.79 Å². The highest BCUT2D eigenvalue weighted by Gasteiger charge is 2.11. The van der Waals surface area contributed by atoms with Crippen molar-refractivity contribution in [2.75, 3.05) is 24.3 Å².